The first-order valence-corrected chi connectivity index (χ1v) is 8.62. The zero-order valence-corrected chi connectivity index (χ0v) is 15.0. The van der Waals surface area contributed by atoms with Crippen molar-refractivity contribution in [2.24, 2.45) is 18.0 Å². The van der Waals surface area contributed by atoms with Crippen molar-refractivity contribution in [3.8, 4) is 0 Å². The highest BCUT2D eigenvalue weighted by molar-refractivity contribution is 5.80. The second kappa shape index (κ2) is 8.91. The summed E-state index contributed by atoms with van der Waals surface area (Å²) in [6.45, 7) is 8.95. The van der Waals surface area contributed by atoms with E-state index in [0.717, 1.165) is 51.6 Å². The SMILES string of the molecule is CN=C(NCCCOCC(C)C)N1CCC(c2cnn(C)c2)C1. The van der Waals surface area contributed by atoms with Crippen molar-refractivity contribution in [3.63, 3.8) is 0 Å². The summed E-state index contributed by atoms with van der Waals surface area (Å²) in [5.74, 6) is 2.15. The molecule has 0 amide bonds. The fourth-order valence-corrected chi connectivity index (χ4v) is 2.90. The minimum Gasteiger partial charge on any atom is -0.381 e. The van der Waals surface area contributed by atoms with Gasteiger partial charge in [-0.15, -0.1) is 0 Å². The van der Waals surface area contributed by atoms with E-state index in [-0.39, 0.29) is 0 Å². The molecular weight excluding hydrogens is 290 g/mol. The fourth-order valence-electron chi connectivity index (χ4n) is 2.90. The van der Waals surface area contributed by atoms with Gasteiger partial charge in [-0.2, -0.15) is 5.10 Å². The molecule has 0 radical (unpaired) electrons. The van der Waals surface area contributed by atoms with Crippen LogP contribution in [0.2, 0.25) is 0 Å². The summed E-state index contributed by atoms with van der Waals surface area (Å²) in [6, 6.07) is 0. The number of aromatic nitrogens is 2. The maximum absolute atomic E-state index is 5.61. The van der Waals surface area contributed by atoms with Crippen LogP contribution in [-0.2, 0) is 11.8 Å². The molecule has 1 atom stereocenters. The number of rotatable bonds is 7. The molecule has 1 aliphatic rings. The van der Waals surface area contributed by atoms with Crippen LogP contribution in [-0.4, -0.2) is 60.5 Å². The first-order chi connectivity index (χ1) is 11.1. The number of hydrogen-bond acceptors (Lipinski definition) is 3. The highest BCUT2D eigenvalue weighted by Crippen LogP contribution is 2.26. The minimum atomic E-state index is 0.552. The van der Waals surface area contributed by atoms with Crippen LogP contribution in [0.25, 0.3) is 0 Å². The van der Waals surface area contributed by atoms with E-state index in [1.165, 1.54) is 5.56 Å². The Hall–Kier alpha value is -1.56. The molecule has 0 spiro atoms. The van der Waals surface area contributed by atoms with Crippen LogP contribution in [0.1, 0.15) is 38.2 Å². The van der Waals surface area contributed by atoms with Crippen LogP contribution in [0.15, 0.2) is 17.4 Å². The van der Waals surface area contributed by atoms with Crippen LogP contribution in [0.4, 0.5) is 0 Å². The van der Waals surface area contributed by atoms with Crippen LogP contribution in [0.5, 0.6) is 0 Å². The Bertz CT molecular complexity index is 497. The summed E-state index contributed by atoms with van der Waals surface area (Å²) >= 11 is 0. The van der Waals surface area contributed by atoms with Crippen molar-refractivity contribution in [3.05, 3.63) is 18.0 Å². The van der Waals surface area contributed by atoms with E-state index in [1.54, 1.807) is 0 Å². The van der Waals surface area contributed by atoms with Gasteiger partial charge in [0.2, 0.25) is 0 Å². The van der Waals surface area contributed by atoms with Gasteiger partial charge in [0.25, 0.3) is 0 Å². The number of nitrogens with zero attached hydrogens (tertiary/aromatic N) is 4. The quantitative estimate of drug-likeness (QED) is 0.473. The lowest BCUT2D eigenvalue weighted by Gasteiger charge is -2.21. The monoisotopic (exact) mass is 321 g/mol. The molecule has 0 aromatic carbocycles. The molecule has 6 nitrogen and oxygen atoms in total. The summed E-state index contributed by atoms with van der Waals surface area (Å²) in [5.41, 5.74) is 1.33. The molecule has 1 saturated heterocycles. The first-order valence-electron chi connectivity index (χ1n) is 8.62. The van der Waals surface area contributed by atoms with E-state index in [9.17, 15) is 0 Å². The normalized spacial score (nSPS) is 18.9. The van der Waals surface area contributed by atoms with Gasteiger partial charge in [0.15, 0.2) is 5.96 Å². The number of aliphatic imine (C=N–C) groups is 1. The van der Waals surface area contributed by atoms with Gasteiger partial charge in [-0.1, -0.05) is 13.8 Å². The lowest BCUT2D eigenvalue weighted by molar-refractivity contribution is 0.108. The topological polar surface area (TPSA) is 54.7 Å². The molecule has 23 heavy (non-hydrogen) atoms. The molecule has 1 N–H and O–H groups in total. The zero-order chi connectivity index (χ0) is 16.7. The van der Waals surface area contributed by atoms with Gasteiger partial charge in [0.1, 0.15) is 0 Å². The van der Waals surface area contributed by atoms with Crippen LogP contribution < -0.4 is 5.32 Å². The maximum Gasteiger partial charge on any atom is 0.193 e. The number of nitrogens with one attached hydrogen (secondary N) is 1. The fraction of sp³-hybridized carbons (Fsp3) is 0.765. The van der Waals surface area contributed by atoms with Crippen LogP contribution in [0, 0.1) is 5.92 Å². The first kappa shape index (κ1) is 17.8. The molecule has 130 valence electrons. The van der Waals surface area contributed by atoms with Gasteiger partial charge in [0, 0.05) is 59.1 Å². The van der Waals surface area contributed by atoms with Crippen molar-refractivity contribution < 1.29 is 4.74 Å². The third kappa shape index (κ3) is 5.53. The number of aryl methyl sites for hydroxylation is 1. The lowest BCUT2D eigenvalue weighted by Crippen LogP contribution is -2.40. The van der Waals surface area contributed by atoms with E-state index in [2.05, 4.69) is 40.4 Å². The van der Waals surface area contributed by atoms with E-state index >= 15 is 0 Å². The summed E-state index contributed by atoms with van der Waals surface area (Å²) in [7, 11) is 3.83. The lowest BCUT2D eigenvalue weighted by atomic mass is 10.0. The summed E-state index contributed by atoms with van der Waals surface area (Å²) < 4.78 is 7.49. The predicted molar refractivity (Wildman–Crippen MR) is 93.8 cm³/mol. The Labute approximate surface area is 139 Å². The van der Waals surface area contributed by atoms with Gasteiger partial charge in [-0.05, 0) is 24.3 Å². The largest absolute Gasteiger partial charge is 0.381 e. The molecule has 6 heteroatoms. The molecule has 1 fully saturated rings. The predicted octanol–water partition coefficient (Wildman–Crippen LogP) is 1.85. The minimum absolute atomic E-state index is 0.552. The van der Waals surface area contributed by atoms with Crippen LogP contribution in [0.3, 0.4) is 0 Å². The van der Waals surface area contributed by atoms with Gasteiger partial charge >= 0.3 is 0 Å². The Kier molecular flexibility index (Phi) is 6.89. The van der Waals surface area contributed by atoms with Crippen molar-refractivity contribution >= 4 is 5.96 Å². The summed E-state index contributed by atoms with van der Waals surface area (Å²) in [6.07, 6.45) is 6.27. The number of guanidine groups is 1. The Morgan fingerprint density at radius 2 is 2.35 bits per heavy atom. The van der Waals surface area contributed by atoms with E-state index < -0.39 is 0 Å². The molecular formula is C17H31N5O. The average molecular weight is 321 g/mol. The smallest absolute Gasteiger partial charge is 0.193 e. The molecule has 0 bridgehead atoms. The van der Waals surface area contributed by atoms with Crippen molar-refractivity contribution in [1.82, 2.24) is 20.0 Å². The average Bonchev–Trinajstić information content (AvgIpc) is 3.15. The van der Waals surface area contributed by atoms with Gasteiger partial charge in [-0.25, -0.2) is 0 Å². The molecule has 2 heterocycles. The van der Waals surface area contributed by atoms with Gasteiger partial charge < -0.3 is 15.0 Å². The molecule has 0 aliphatic carbocycles. The molecule has 1 unspecified atom stereocenters. The highest BCUT2D eigenvalue weighted by Gasteiger charge is 2.26. The number of hydrogen-bond donors (Lipinski definition) is 1. The van der Waals surface area contributed by atoms with E-state index in [0.29, 0.717) is 11.8 Å². The van der Waals surface area contributed by atoms with Crippen LogP contribution >= 0.6 is 0 Å². The van der Waals surface area contributed by atoms with E-state index in [1.807, 2.05) is 25.0 Å². The second-order valence-corrected chi connectivity index (χ2v) is 6.68. The van der Waals surface area contributed by atoms with Crippen molar-refractivity contribution in [2.75, 3.05) is 39.9 Å². The Morgan fingerprint density at radius 1 is 1.52 bits per heavy atom. The zero-order valence-electron chi connectivity index (χ0n) is 15.0. The Balaban J connectivity index is 1.70. The molecule has 2 rings (SSSR count). The maximum atomic E-state index is 5.61. The number of ether oxygens (including phenoxy) is 1. The Morgan fingerprint density at radius 3 is 3.00 bits per heavy atom. The summed E-state index contributed by atoms with van der Waals surface area (Å²) in [5, 5.41) is 7.73. The van der Waals surface area contributed by atoms with Crippen molar-refractivity contribution in [2.45, 2.75) is 32.6 Å². The highest BCUT2D eigenvalue weighted by atomic mass is 16.5. The molecule has 1 aromatic rings. The molecule has 1 aromatic heterocycles. The standard InChI is InChI=1S/C17H31N5O/c1-14(2)13-23-9-5-7-19-17(18-3)22-8-6-15(12-22)16-10-20-21(4)11-16/h10-11,14-15H,5-9,12-13H2,1-4H3,(H,18,19). The third-order valence-corrected chi connectivity index (χ3v) is 4.10. The third-order valence-electron chi connectivity index (χ3n) is 4.10. The molecule has 1 aliphatic heterocycles. The van der Waals surface area contributed by atoms with Crippen molar-refractivity contribution in [1.29, 1.82) is 0 Å². The number of likely N-dealkylation sites (tertiary alicyclic amines) is 1. The van der Waals surface area contributed by atoms with Gasteiger partial charge in [0.05, 0.1) is 6.20 Å². The second-order valence-electron chi connectivity index (χ2n) is 6.68. The molecule has 0 saturated carbocycles. The van der Waals surface area contributed by atoms with E-state index in [4.69, 9.17) is 4.74 Å². The van der Waals surface area contributed by atoms with Gasteiger partial charge in [-0.3, -0.25) is 9.67 Å². The summed E-state index contributed by atoms with van der Waals surface area (Å²) in [4.78, 5) is 6.76.